The summed E-state index contributed by atoms with van der Waals surface area (Å²) in [5.41, 5.74) is 0. The minimum atomic E-state index is -4.32. The standard InChI is InChI=1S/C89H172N4O17P2/c1-9-17-23-29-33-37-39-43-45-51-57-63-85(94)92-81(77-101-73-67-83(61-55-49-27-21-13-5)109-87(96)65-59-53-47-41-35-31-25-19-11-3)79-107-111(99,103-71-15-7)105-75-69-90-89(98)91-70-76-106-112(100,104-72-16-8)108-80-82(93-86(95)64-58-52-46-44-40-38-34-30-24-18-10-2)78-102-74-68-84(62-56-50-28-22-14-6)110-88(97)66-60-54-48-42-36-32-26-20-12-4/h15-16,81-84H,7-14,17-80H2,1-6H3,(H,92,94)(H,93,95)(H2,90,91,98)/t81-,82-,83+,84+,111?,112?/m0/s1. The van der Waals surface area contributed by atoms with Gasteiger partial charge in [-0.05, 0) is 51.4 Å². The van der Waals surface area contributed by atoms with Crippen molar-refractivity contribution in [3.63, 3.8) is 0 Å². The third-order valence-electron chi connectivity index (χ3n) is 20.2. The number of phosphoric acid groups is 2. The zero-order valence-electron chi connectivity index (χ0n) is 72.7. The number of carbonyl (C=O) groups is 5. The first kappa shape index (κ1) is 109. The second-order valence-corrected chi connectivity index (χ2v) is 34.5. The predicted molar refractivity (Wildman–Crippen MR) is 460 cm³/mol. The number of hydrogen-bond acceptors (Lipinski definition) is 17. The van der Waals surface area contributed by atoms with Gasteiger partial charge in [0.1, 0.15) is 12.2 Å². The van der Waals surface area contributed by atoms with Gasteiger partial charge < -0.3 is 40.2 Å². The van der Waals surface area contributed by atoms with Crippen molar-refractivity contribution in [3.05, 3.63) is 25.3 Å². The summed E-state index contributed by atoms with van der Waals surface area (Å²) >= 11 is 0. The largest absolute Gasteiger partial charge is 0.475 e. The molecule has 660 valence electrons. The lowest BCUT2D eigenvalue weighted by molar-refractivity contribution is -0.151. The van der Waals surface area contributed by atoms with E-state index in [4.69, 9.17) is 46.1 Å². The Morgan fingerprint density at radius 2 is 0.562 bits per heavy atom. The van der Waals surface area contributed by atoms with E-state index in [0.717, 1.165) is 167 Å². The van der Waals surface area contributed by atoms with E-state index in [1.165, 1.54) is 179 Å². The summed E-state index contributed by atoms with van der Waals surface area (Å²) in [5, 5.41) is 11.3. The number of carbonyl (C=O) groups excluding carboxylic acids is 5. The van der Waals surface area contributed by atoms with Gasteiger partial charge in [0.15, 0.2) is 0 Å². The van der Waals surface area contributed by atoms with Gasteiger partial charge in [-0.2, -0.15) is 0 Å². The highest BCUT2D eigenvalue weighted by Gasteiger charge is 2.31. The summed E-state index contributed by atoms with van der Waals surface area (Å²) in [6, 6.07) is -2.13. The number of unbranched alkanes of at least 4 members (excludes halogenated alkanes) is 44. The lowest BCUT2D eigenvalue weighted by atomic mass is 10.1. The molecule has 4 amide bonds. The van der Waals surface area contributed by atoms with E-state index in [1.54, 1.807) is 0 Å². The molecule has 0 aromatic rings. The Hall–Kier alpha value is -3.23. The molecule has 112 heavy (non-hydrogen) atoms. The van der Waals surface area contributed by atoms with Gasteiger partial charge >= 0.3 is 33.6 Å². The van der Waals surface area contributed by atoms with Crippen LogP contribution in [0.2, 0.25) is 0 Å². The quantitative estimate of drug-likeness (QED) is 0.0191. The molecule has 0 saturated heterocycles. The minimum absolute atomic E-state index is 0.0170. The fourth-order valence-corrected chi connectivity index (χ4v) is 15.7. The van der Waals surface area contributed by atoms with E-state index in [2.05, 4.69) is 76.0 Å². The van der Waals surface area contributed by atoms with Gasteiger partial charge in [-0.15, -0.1) is 13.2 Å². The molecule has 0 aliphatic rings. The van der Waals surface area contributed by atoms with Crippen LogP contribution in [0.3, 0.4) is 0 Å². The Labute approximate surface area is 685 Å². The van der Waals surface area contributed by atoms with E-state index in [9.17, 15) is 33.1 Å². The molecule has 0 aromatic heterocycles. The number of amides is 4. The normalized spacial score (nSPS) is 13.7. The summed E-state index contributed by atoms with van der Waals surface area (Å²) in [6.45, 7) is 19.5. The first-order valence-electron chi connectivity index (χ1n) is 46.1. The molecule has 21 nitrogen and oxygen atoms in total. The average molecular weight is 1630 g/mol. The summed E-state index contributed by atoms with van der Waals surface area (Å²) in [6.07, 6.45) is 63.2. The van der Waals surface area contributed by atoms with Gasteiger partial charge in [0.25, 0.3) is 0 Å². The van der Waals surface area contributed by atoms with E-state index in [1.807, 2.05) is 0 Å². The lowest BCUT2D eigenvalue weighted by Crippen LogP contribution is -2.41. The summed E-state index contributed by atoms with van der Waals surface area (Å²) in [4.78, 5) is 66.5. The van der Waals surface area contributed by atoms with Gasteiger partial charge in [0.2, 0.25) is 11.8 Å². The minimum Gasteiger partial charge on any atom is -0.462 e. The molecule has 23 heteroatoms. The molecule has 0 bridgehead atoms. The molecule has 4 N–H and O–H groups in total. The van der Waals surface area contributed by atoms with E-state index in [0.29, 0.717) is 38.5 Å². The van der Waals surface area contributed by atoms with E-state index >= 15 is 0 Å². The lowest BCUT2D eigenvalue weighted by Gasteiger charge is -2.23. The van der Waals surface area contributed by atoms with Crippen molar-refractivity contribution in [2.24, 2.45) is 0 Å². The number of esters is 2. The number of nitrogens with one attached hydrogen (secondary N) is 4. The molecule has 0 radical (unpaired) electrons. The van der Waals surface area contributed by atoms with Crippen LogP contribution in [-0.2, 0) is 74.4 Å². The number of rotatable bonds is 90. The van der Waals surface area contributed by atoms with Crippen molar-refractivity contribution in [2.75, 3.05) is 79.2 Å². The second-order valence-electron chi connectivity index (χ2n) is 31.1. The Balaban J connectivity index is 5.99. The van der Waals surface area contributed by atoms with Crippen LogP contribution in [0.4, 0.5) is 4.79 Å². The van der Waals surface area contributed by atoms with Gasteiger partial charge in [-0.25, -0.2) is 13.9 Å². The Morgan fingerprint density at radius 1 is 0.304 bits per heavy atom. The SMILES string of the molecule is C=CCOP(=O)(OCCNC(=O)NCCOP(=O)(OCC=C)OC[C@H](COCC[C@@H](CCCCCCC)OC(=O)CCCCCCCCCCC)NC(=O)CCCCCCCCCCCCC)OC[C@H](COCC[C@@H](CCCCCCC)OC(=O)CCCCCCCCCCC)NC(=O)CCCCCCCCCCCCC. The third-order valence-corrected chi connectivity index (χ3v) is 23.1. The van der Waals surface area contributed by atoms with Crippen LogP contribution in [0.25, 0.3) is 0 Å². The number of phosphoric ester groups is 2. The molecule has 2 unspecified atom stereocenters. The third kappa shape index (κ3) is 74.3. The molecule has 0 heterocycles. The molecular formula is C89H172N4O17P2. The summed E-state index contributed by atoms with van der Waals surface area (Å²) in [5.74, 6) is -0.737. The fraction of sp³-hybridized carbons (Fsp3) is 0.899. The smallest absolute Gasteiger partial charge is 0.462 e. The highest BCUT2D eigenvalue weighted by Crippen LogP contribution is 2.50. The topological polar surface area (TPSA) is 260 Å². The van der Waals surface area contributed by atoms with Crippen molar-refractivity contribution >= 4 is 45.4 Å². The highest BCUT2D eigenvalue weighted by molar-refractivity contribution is 7.48. The monoisotopic (exact) mass is 1630 g/mol. The molecular weight excluding hydrogens is 1460 g/mol. The predicted octanol–water partition coefficient (Wildman–Crippen LogP) is 24.5. The van der Waals surface area contributed by atoms with Crippen LogP contribution in [0.15, 0.2) is 25.3 Å². The molecule has 0 fully saturated rings. The number of ether oxygens (including phenoxy) is 4. The maximum Gasteiger partial charge on any atom is 0.475 e. The first-order chi connectivity index (χ1) is 54.6. The van der Waals surface area contributed by atoms with Crippen LogP contribution in [0, 0.1) is 0 Å². The Kier molecular flexibility index (Phi) is 80.5. The molecule has 0 spiro atoms. The maximum atomic E-state index is 14.2. The first-order valence-corrected chi connectivity index (χ1v) is 49.0. The van der Waals surface area contributed by atoms with Crippen molar-refractivity contribution < 1.29 is 79.2 Å². The second kappa shape index (κ2) is 82.9. The van der Waals surface area contributed by atoms with Crippen LogP contribution in [-0.4, -0.2) is 133 Å². The number of urea groups is 1. The molecule has 0 rings (SSSR count). The average Bonchev–Trinajstić information content (AvgIpc) is 0.889. The highest BCUT2D eigenvalue weighted by atomic mass is 31.2. The molecule has 0 aromatic carbocycles. The van der Waals surface area contributed by atoms with Crippen molar-refractivity contribution in [2.45, 2.75) is 438 Å². The molecule has 6 atom stereocenters. The summed E-state index contributed by atoms with van der Waals surface area (Å²) in [7, 11) is -8.64. The Bertz CT molecular complexity index is 2120. The summed E-state index contributed by atoms with van der Waals surface area (Å²) < 4.78 is 87.3. The fourth-order valence-electron chi connectivity index (χ4n) is 13.3. The molecule has 0 saturated carbocycles. The number of hydrogen-bond donors (Lipinski definition) is 4. The van der Waals surface area contributed by atoms with Gasteiger partial charge in [0.05, 0.1) is 78.2 Å². The van der Waals surface area contributed by atoms with Crippen LogP contribution < -0.4 is 21.3 Å². The molecule has 0 aliphatic heterocycles. The van der Waals surface area contributed by atoms with Gasteiger partial charge in [0, 0.05) is 51.6 Å². The van der Waals surface area contributed by atoms with E-state index in [-0.39, 0.29) is 115 Å². The van der Waals surface area contributed by atoms with Gasteiger partial charge in [-0.1, -0.05) is 336 Å². The zero-order chi connectivity index (χ0) is 82.0. The molecule has 0 aliphatic carbocycles. The maximum absolute atomic E-state index is 14.2. The Morgan fingerprint density at radius 3 is 0.839 bits per heavy atom. The van der Waals surface area contributed by atoms with Crippen molar-refractivity contribution in [3.8, 4) is 0 Å². The van der Waals surface area contributed by atoms with Gasteiger partial charge in [-0.3, -0.25) is 46.3 Å². The van der Waals surface area contributed by atoms with Crippen molar-refractivity contribution in [1.29, 1.82) is 0 Å². The zero-order valence-corrected chi connectivity index (χ0v) is 74.5. The van der Waals surface area contributed by atoms with Crippen LogP contribution in [0.5, 0.6) is 0 Å². The van der Waals surface area contributed by atoms with Crippen LogP contribution >= 0.6 is 15.6 Å². The van der Waals surface area contributed by atoms with Crippen LogP contribution in [0.1, 0.15) is 414 Å². The van der Waals surface area contributed by atoms with E-state index < -0.39 is 33.8 Å². The van der Waals surface area contributed by atoms with Crippen molar-refractivity contribution in [1.82, 2.24) is 21.3 Å².